The molecular formula is C21H25Cl2N6O4S+. The van der Waals surface area contributed by atoms with Crippen LogP contribution >= 0.6 is 34.5 Å². The van der Waals surface area contributed by atoms with E-state index in [1.807, 2.05) is 40.5 Å². The summed E-state index contributed by atoms with van der Waals surface area (Å²) in [5.41, 5.74) is 1.25. The van der Waals surface area contributed by atoms with Crippen molar-refractivity contribution in [1.82, 2.24) is 19.9 Å². The predicted octanol–water partition coefficient (Wildman–Crippen LogP) is 2.64. The maximum absolute atomic E-state index is 12.8. The Bertz CT molecular complexity index is 1230. The van der Waals surface area contributed by atoms with Crippen LogP contribution in [-0.4, -0.2) is 63.9 Å². The van der Waals surface area contributed by atoms with E-state index in [1.54, 1.807) is 14.0 Å². The van der Waals surface area contributed by atoms with Crippen molar-refractivity contribution in [3.63, 3.8) is 0 Å². The molecule has 2 atom stereocenters. The predicted molar refractivity (Wildman–Crippen MR) is 129 cm³/mol. The topological polar surface area (TPSA) is 116 Å². The lowest BCUT2D eigenvalue weighted by atomic mass is 10.0. The number of halogens is 2. The standard InChI is InChI=1S/C21H24Cl2N6O4S/c1-10-13(22)14(23)15(24-10)18(30)25-11-5-6-29(9-12(11)33-4)21-26-16(17(34-21)20(31)32)19-27(2)7-8-28(19)3/h7-8,11-12H,5-6,9H2,1-4H3,(H2-,24,25,30,31,32)/p+1/t11-,12+/m1/s1. The third-order valence-electron chi connectivity index (χ3n) is 5.93. The molecule has 0 unspecified atom stereocenters. The number of amides is 1. The average Bonchev–Trinajstić information content (AvgIpc) is 3.46. The van der Waals surface area contributed by atoms with Gasteiger partial charge in [-0.15, -0.1) is 0 Å². The molecular weight excluding hydrogens is 503 g/mol. The van der Waals surface area contributed by atoms with Gasteiger partial charge in [-0.25, -0.2) is 18.9 Å². The van der Waals surface area contributed by atoms with Crippen LogP contribution < -0.4 is 14.8 Å². The molecule has 0 aromatic carbocycles. The van der Waals surface area contributed by atoms with Gasteiger partial charge in [-0.05, 0) is 13.3 Å². The molecule has 1 fully saturated rings. The van der Waals surface area contributed by atoms with Crippen LogP contribution in [0.15, 0.2) is 12.4 Å². The number of imidazole rings is 1. The number of carbonyl (C=O) groups excluding carboxylic acids is 1. The maximum Gasteiger partial charge on any atom is 0.348 e. The SMILES string of the molecule is CO[C@H]1CN(c2nc(-c3n(C)cc[n+]3C)c(C(=O)O)s2)CC[C@H]1NC(=O)c1[nH]c(C)c(Cl)c1Cl. The summed E-state index contributed by atoms with van der Waals surface area (Å²) >= 11 is 13.4. The molecule has 0 spiro atoms. The van der Waals surface area contributed by atoms with Gasteiger partial charge in [0.2, 0.25) is 0 Å². The van der Waals surface area contributed by atoms with E-state index in [0.717, 1.165) is 11.3 Å². The Kier molecular flexibility index (Phi) is 6.90. The summed E-state index contributed by atoms with van der Waals surface area (Å²) < 4.78 is 9.35. The first-order chi connectivity index (χ1) is 16.1. The van der Waals surface area contributed by atoms with E-state index in [-0.39, 0.29) is 33.6 Å². The van der Waals surface area contributed by atoms with Crippen molar-refractivity contribution >= 4 is 51.5 Å². The first kappa shape index (κ1) is 24.5. The molecule has 4 rings (SSSR count). The van der Waals surface area contributed by atoms with Crippen LogP contribution in [-0.2, 0) is 18.8 Å². The number of nitrogens with zero attached hydrogens (tertiary/aromatic N) is 4. The zero-order valence-corrected chi connectivity index (χ0v) is 21.4. The van der Waals surface area contributed by atoms with Crippen molar-refractivity contribution < 1.29 is 24.0 Å². The number of hydrogen-bond donors (Lipinski definition) is 3. The number of carboxylic acids is 1. The summed E-state index contributed by atoms with van der Waals surface area (Å²) in [6, 6.07) is -0.267. The highest BCUT2D eigenvalue weighted by Gasteiger charge is 2.35. The largest absolute Gasteiger partial charge is 0.477 e. The highest BCUT2D eigenvalue weighted by atomic mass is 35.5. The summed E-state index contributed by atoms with van der Waals surface area (Å²) in [5, 5.41) is 13.9. The highest BCUT2D eigenvalue weighted by Crippen LogP contribution is 2.34. The minimum Gasteiger partial charge on any atom is -0.477 e. The van der Waals surface area contributed by atoms with Gasteiger partial charge in [-0.2, -0.15) is 0 Å². The van der Waals surface area contributed by atoms with Crippen molar-refractivity contribution in [2.75, 3.05) is 25.1 Å². The second-order valence-electron chi connectivity index (χ2n) is 8.16. The molecule has 34 heavy (non-hydrogen) atoms. The number of piperidine rings is 1. The minimum absolute atomic E-state index is 0.172. The number of aryl methyl sites for hydroxylation is 3. The van der Waals surface area contributed by atoms with E-state index in [0.29, 0.717) is 46.9 Å². The molecule has 3 N–H and O–H groups in total. The van der Waals surface area contributed by atoms with E-state index < -0.39 is 5.97 Å². The average molecular weight is 528 g/mol. The molecule has 10 nitrogen and oxygen atoms in total. The van der Waals surface area contributed by atoms with E-state index in [2.05, 4.69) is 15.3 Å². The number of carbonyl (C=O) groups is 2. The van der Waals surface area contributed by atoms with Crippen LogP contribution in [0, 0.1) is 6.92 Å². The third-order valence-corrected chi connectivity index (χ3v) is 7.99. The molecule has 0 bridgehead atoms. The molecule has 4 heterocycles. The van der Waals surface area contributed by atoms with Gasteiger partial charge in [0.15, 0.2) is 10.8 Å². The van der Waals surface area contributed by atoms with E-state index >= 15 is 0 Å². The number of anilines is 1. The number of hydrogen-bond acceptors (Lipinski definition) is 6. The Balaban J connectivity index is 1.54. The van der Waals surface area contributed by atoms with Crippen LogP contribution in [0.5, 0.6) is 0 Å². The van der Waals surface area contributed by atoms with Gasteiger partial charge < -0.3 is 25.0 Å². The van der Waals surface area contributed by atoms with Crippen LogP contribution in [0.1, 0.15) is 32.3 Å². The molecule has 3 aromatic heterocycles. The second-order valence-corrected chi connectivity index (χ2v) is 9.90. The Morgan fingerprint density at radius 1 is 1.38 bits per heavy atom. The molecule has 182 valence electrons. The molecule has 1 aliphatic heterocycles. The molecule has 1 amide bonds. The lowest BCUT2D eigenvalue weighted by Crippen LogP contribution is -2.55. The number of aromatic amines is 1. The van der Waals surface area contributed by atoms with E-state index in [9.17, 15) is 14.7 Å². The van der Waals surface area contributed by atoms with Gasteiger partial charge in [0.25, 0.3) is 5.91 Å². The van der Waals surface area contributed by atoms with Gasteiger partial charge in [-0.3, -0.25) is 4.79 Å². The fourth-order valence-corrected chi connectivity index (χ4v) is 5.48. The molecule has 0 radical (unpaired) electrons. The summed E-state index contributed by atoms with van der Waals surface area (Å²) in [7, 11) is 5.27. The monoisotopic (exact) mass is 527 g/mol. The molecule has 1 saturated heterocycles. The van der Waals surface area contributed by atoms with Crippen molar-refractivity contribution in [3.8, 4) is 11.5 Å². The lowest BCUT2D eigenvalue weighted by Gasteiger charge is -2.37. The van der Waals surface area contributed by atoms with Crippen molar-refractivity contribution in [2.24, 2.45) is 14.1 Å². The van der Waals surface area contributed by atoms with Crippen LogP contribution in [0.4, 0.5) is 5.13 Å². The van der Waals surface area contributed by atoms with Crippen molar-refractivity contribution in [3.05, 3.63) is 38.7 Å². The van der Waals surface area contributed by atoms with Crippen molar-refractivity contribution in [2.45, 2.75) is 25.5 Å². The number of aromatic nitrogens is 4. The van der Waals surface area contributed by atoms with E-state index in [4.69, 9.17) is 27.9 Å². The lowest BCUT2D eigenvalue weighted by molar-refractivity contribution is -0.659. The molecule has 0 saturated carbocycles. The van der Waals surface area contributed by atoms with Crippen LogP contribution in [0.2, 0.25) is 10.0 Å². The van der Waals surface area contributed by atoms with Gasteiger partial charge in [0.05, 0.1) is 36.3 Å². The summed E-state index contributed by atoms with van der Waals surface area (Å²) in [5.74, 6) is -0.689. The number of nitrogens with one attached hydrogen (secondary N) is 2. The number of thiazole rings is 1. The van der Waals surface area contributed by atoms with Crippen molar-refractivity contribution in [1.29, 1.82) is 0 Å². The number of rotatable bonds is 6. The number of ether oxygens (including phenoxy) is 1. The maximum atomic E-state index is 12.8. The fourth-order valence-electron chi connectivity index (χ4n) is 4.13. The quantitative estimate of drug-likeness (QED) is 0.424. The Hall–Kier alpha value is -2.60. The number of H-pyrrole nitrogens is 1. The smallest absolute Gasteiger partial charge is 0.348 e. The first-order valence-corrected chi connectivity index (χ1v) is 12.1. The zero-order chi connectivity index (χ0) is 24.7. The van der Waals surface area contributed by atoms with E-state index in [1.165, 1.54) is 0 Å². The molecule has 13 heteroatoms. The second kappa shape index (κ2) is 9.57. The summed E-state index contributed by atoms with van der Waals surface area (Å²) in [6.07, 6.45) is 3.93. The minimum atomic E-state index is -1.03. The Labute approximate surface area is 210 Å². The molecule has 1 aliphatic rings. The number of aromatic carboxylic acids is 1. The zero-order valence-electron chi connectivity index (χ0n) is 19.1. The number of methoxy groups -OCH3 is 1. The first-order valence-electron chi connectivity index (χ1n) is 10.5. The normalized spacial score (nSPS) is 18.4. The van der Waals surface area contributed by atoms with Gasteiger partial charge in [0, 0.05) is 25.9 Å². The van der Waals surface area contributed by atoms with Crippen LogP contribution in [0.3, 0.4) is 0 Å². The van der Waals surface area contributed by atoms with Gasteiger partial charge >= 0.3 is 11.8 Å². The Morgan fingerprint density at radius 3 is 2.68 bits per heavy atom. The van der Waals surface area contributed by atoms with Crippen LogP contribution in [0.25, 0.3) is 11.5 Å². The fraction of sp³-hybridized carbons (Fsp3) is 0.429. The highest BCUT2D eigenvalue weighted by molar-refractivity contribution is 7.17. The molecule has 0 aliphatic carbocycles. The van der Waals surface area contributed by atoms with Gasteiger partial charge in [-0.1, -0.05) is 34.5 Å². The summed E-state index contributed by atoms with van der Waals surface area (Å²) in [6.45, 7) is 2.74. The van der Waals surface area contributed by atoms with Gasteiger partial charge in [0.1, 0.15) is 23.0 Å². The molecule has 3 aromatic rings. The number of carboxylic acid groups (broad SMARTS) is 1. The Morgan fingerprint density at radius 2 is 2.12 bits per heavy atom. The summed E-state index contributed by atoms with van der Waals surface area (Å²) in [4.78, 5) is 34.5. The third kappa shape index (κ3) is 4.40.